The van der Waals surface area contributed by atoms with Gasteiger partial charge >= 0.3 is 0 Å². The standard InChI is InChI=1S/C13H20N2O5S/c1-9(6-7-16)15-21(18,19)11-4-5-13(20-3)12(8-11)14-10(2)17/h4-5,8-9,15-16H,6-7H2,1-3H3,(H,14,17). The lowest BCUT2D eigenvalue weighted by Crippen LogP contribution is -2.33. The fourth-order valence-corrected chi connectivity index (χ4v) is 3.03. The first kappa shape index (κ1) is 17.4. The van der Waals surface area contributed by atoms with Gasteiger partial charge in [-0.05, 0) is 31.5 Å². The van der Waals surface area contributed by atoms with Gasteiger partial charge in [-0.1, -0.05) is 0 Å². The van der Waals surface area contributed by atoms with Crippen LogP contribution in [0.4, 0.5) is 5.69 Å². The Hall–Kier alpha value is -1.64. The summed E-state index contributed by atoms with van der Waals surface area (Å²) in [7, 11) is -2.31. The molecule has 3 N–H and O–H groups in total. The first-order valence-corrected chi connectivity index (χ1v) is 7.87. The van der Waals surface area contributed by atoms with E-state index in [0.717, 1.165) is 0 Å². The summed E-state index contributed by atoms with van der Waals surface area (Å²) in [5.74, 6) is 0.0389. The molecule has 1 amide bonds. The lowest BCUT2D eigenvalue weighted by Gasteiger charge is -2.15. The normalized spacial score (nSPS) is 12.8. The Bertz CT molecular complexity index is 601. The van der Waals surface area contributed by atoms with Crippen molar-refractivity contribution in [3.8, 4) is 5.75 Å². The van der Waals surface area contributed by atoms with Crippen molar-refractivity contribution in [2.75, 3.05) is 19.0 Å². The fraction of sp³-hybridized carbons (Fsp3) is 0.462. The van der Waals surface area contributed by atoms with Crippen molar-refractivity contribution in [3.05, 3.63) is 18.2 Å². The quantitative estimate of drug-likeness (QED) is 0.687. The molecular weight excluding hydrogens is 296 g/mol. The maximum absolute atomic E-state index is 12.2. The first-order chi connectivity index (χ1) is 9.80. The summed E-state index contributed by atoms with van der Waals surface area (Å²) in [4.78, 5) is 11.2. The van der Waals surface area contributed by atoms with E-state index in [4.69, 9.17) is 9.84 Å². The van der Waals surface area contributed by atoms with Gasteiger partial charge in [-0.25, -0.2) is 13.1 Å². The second-order valence-corrected chi connectivity index (χ2v) is 6.29. The fourth-order valence-electron chi connectivity index (χ4n) is 1.73. The molecule has 0 bridgehead atoms. The Morgan fingerprint density at radius 2 is 2.10 bits per heavy atom. The molecule has 1 atom stereocenters. The molecule has 0 aliphatic carbocycles. The highest BCUT2D eigenvalue weighted by atomic mass is 32.2. The van der Waals surface area contributed by atoms with E-state index < -0.39 is 16.1 Å². The number of benzene rings is 1. The number of hydrogen-bond donors (Lipinski definition) is 3. The van der Waals surface area contributed by atoms with E-state index >= 15 is 0 Å². The van der Waals surface area contributed by atoms with E-state index in [1.54, 1.807) is 6.92 Å². The highest BCUT2D eigenvalue weighted by Crippen LogP contribution is 2.27. The van der Waals surface area contributed by atoms with E-state index in [9.17, 15) is 13.2 Å². The molecule has 21 heavy (non-hydrogen) atoms. The van der Waals surface area contributed by atoms with Crippen molar-refractivity contribution in [1.82, 2.24) is 4.72 Å². The van der Waals surface area contributed by atoms with Crippen LogP contribution in [0, 0.1) is 0 Å². The third-order valence-corrected chi connectivity index (χ3v) is 4.30. The summed E-state index contributed by atoms with van der Waals surface area (Å²) in [5, 5.41) is 11.3. The van der Waals surface area contributed by atoms with E-state index in [0.29, 0.717) is 12.2 Å². The van der Waals surface area contributed by atoms with Crippen LogP contribution in [0.5, 0.6) is 5.75 Å². The molecule has 118 valence electrons. The molecule has 0 heterocycles. The minimum atomic E-state index is -3.73. The van der Waals surface area contributed by atoms with Crippen molar-refractivity contribution in [2.24, 2.45) is 0 Å². The molecule has 0 aliphatic heterocycles. The number of sulfonamides is 1. The van der Waals surface area contributed by atoms with E-state index in [1.165, 1.54) is 32.2 Å². The molecule has 8 heteroatoms. The van der Waals surface area contributed by atoms with Gasteiger partial charge in [-0.15, -0.1) is 0 Å². The van der Waals surface area contributed by atoms with Gasteiger partial charge in [0.1, 0.15) is 5.75 Å². The molecule has 0 fully saturated rings. The zero-order chi connectivity index (χ0) is 16.0. The Balaban J connectivity index is 3.09. The molecule has 0 aliphatic rings. The summed E-state index contributed by atoms with van der Waals surface area (Å²) in [6.07, 6.45) is 0.313. The number of nitrogens with one attached hydrogen (secondary N) is 2. The molecule has 0 radical (unpaired) electrons. The largest absolute Gasteiger partial charge is 0.495 e. The summed E-state index contributed by atoms with van der Waals surface area (Å²) in [6.45, 7) is 2.87. The molecule has 1 aromatic rings. The van der Waals surface area contributed by atoms with Gasteiger partial charge < -0.3 is 15.2 Å². The highest BCUT2D eigenvalue weighted by molar-refractivity contribution is 7.89. The van der Waals surface area contributed by atoms with Crippen molar-refractivity contribution in [3.63, 3.8) is 0 Å². The van der Waals surface area contributed by atoms with Gasteiger partial charge in [0.15, 0.2) is 0 Å². The summed E-state index contributed by atoms with van der Waals surface area (Å²) < 4.78 is 31.9. The predicted octanol–water partition coefficient (Wildman–Crippen LogP) is 0.703. The Labute approximate surface area is 124 Å². The molecule has 0 saturated heterocycles. The summed E-state index contributed by atoms with van der Waals surface area (Å²) in [5.41, 5.74) is 0.280. The zero-order valence-corrected chi connectivity index (χ0v) is 13.0. The number of aliphatic hydroxyl groups excluding tert-OH is 1. The third kappa shape index (κ3) is 5.00. The third-order valence-electron chi connectivity index (χ3n) is 2.71. The number of ether oxygens (including phenoxy) is 1. The number of carbonyl (C=O) groups excluding carboxylic acids is 1. The SMILES string of the molecule is COc1ccc(S(=O)(=O)NC(C)CCO)cc1NC(C)=O. The Kier molecular flexibility index (Phi) is 6.13. The minimum Gasteiger partial charge on any atom is -0.495 e. The van der Waals surface area contributed by atoms with Crippen LogP contribution in [0.15, 0.2) is 23.1 Å². The molecular formula is C13H20N2O5S. The van der Waals surface area contributed by atoms with Crippen LogP contribution in [0.25, 0.3) is 0 Å². The van der Waals surface area contributed by atoms with Crippen molar-refractivity contribution < 1.29 is 23.1 Å². The van der Waals surface area contributed by atoms with E-state index in [2.05, 4.69) is 10.0 Å². The lowest BCUT2D eigenvalue weighted by molar-refractivity contribution is -0.114. The van der Waals surface area contributed by atoms with Crippen molar-refractivity contribution in [1.29, 1.82) is 0 Å². The van der Waals surface area contributed by atoms with Gasteiger partial charge in [0.2, 0.25) is 15.9 Å². The predicted molar refractivity (Wildman–Crippen MR) is 78.8 cm³/mol. The first-order valence-electron chi connectivity index (χ1n) is 6.39. The summed E-state index contributed by atoms with van der Waals surface area (Å²) >= 11 is 0. The smallest absolute Gasteiger partial charge is 0.240 e. The van der Waals surface area contributed by atoms with Gasteiger partial charge in [0.25, 0.3) is 0 Å². The summed E-state index contributed by atoms with van der Waals surface area (Å²) in [6, 6.07) is 3.79. The van der Waals surface area contributed by atoms with Crippen LogP contribution in [0.2, 0.25) is 0 Å². The average Bonchev–Trinajstić information content (AvgIpc) is 2.37. The Morgan fingerprint density at radius 1 is 1.43 bits per heavy atom. The van der Waals surface area contributed by atoms with Crippen LogP contribution in [-0.4, -0.2) is 39.2 Å². The monoisotopic (exact) mass is 316 g/mol. The molecule has 0 saturated carbocycles. The number of methoxy groups -OCH3 is 1. The zero-order valence-electron chi connectivity index (χ0n) is 12.2. The number of aliphatic hydroxyl groups is 1. The number of hydrogen-bond acceptors (Lipinski definition) is 5. The van der Waals surface area contributed by atoms with Crippen molar-refractivity contribution in [2.45, 2.75) is 31.2 Å². The number of anilines is 1. The van der Waals surface area contributed by atoms with Gasteiger partial charge in [-0.2, -0.15) is 0 Å². The average molecular weight is 316 g/mol. The highest BCUT2D eigenvalue weighted by Gasteiger charge is 2.19. The van der Waals surface area contributed by atoms with E-state index in [-0.39, 0.29) is 23.1 Å². The molecule has 7 nitrogen and oxygen atoms in total. The molecule has 1 aromatic carbocycles. The second-order valence-electron chi connectivity index (χ2n) is 4.58. The maximum atomic E-state index is 12.2. The topological polar surface area (TPSA) is 105 Å². The number of rotatable bonds is 7. The van der Waals surface area contributed by atoms with Gasteiger partial charge in [0.05, 0.1) is 17.7 Å². The molecule has 0 aromatic heterocycles. The molecule has 0 spiro atoms. The van der Waals surface area contributed by atoms with Crippen LogP contribution in [0.1, 0.15) is 20.3 Å². The molecule has 1 unspecified atom stereocenters. The van der Waals surface area contributed by atoms with Gasteiger partial charge in [-0.3, -0.25) is 4.79 Å². The van der Waals surface area contributed by atoms with E-state index in [1.807, 2.05) is 0 Å². The maximum Gasteiger partial charge on any atom is 0.240 e. The second kappa shape index (κ2) is 7.39. The number of carbonyl (C=O) groups is 1. The number of amides is 1. The van der Waals surface area contributed by atoms with Crippen molar-refractivity contribution >= 4 is 21.6 Å². The lowest BCUT2D eigenvalue weighted by atomic mass is 10.3. The van der Waals surface area contributed by atoms with Crippen LogP contribution >= 0.6 is 0 Å². The van der Waals surface area contributed by atoms with Crippen LogP contribution in [-0.2, 0) is 14.8 Å². The van der Waals surface area contributed by atoms with Gasteiger partial charge in [0, 0.05) is 19.6 Å². The van der Waals surface area contributed by atoms with Crippen LogP contribution < -0.4 is 14.8 Å². The minimum absolute atomic E-state index is 0.0110. The Morgan fingerprint density at radius 3 is 2.62 bits per heavy atom. The van der Waals surface area contributed by atoms with Crippen LogP contribution in [0.3, 0.4) is 0 Å². The molecule has 1 rings (SSSR count).